The summed E-state index contributed by atoms with van der Waals surface area (Å²) in [5.41, 5.74) is 0. The van der Waals surface area contributed by atoms with E-state index in [0.717, 1.165) is 55.8 Å². The third-order valence-electron chi connectivity index (χ3n) is 8.39. The van der Waals surface area contributed by atoms with Crippen molar-refractivity contribution in [2.24, 2.45) is 29.6 Å². The molecule has 3 fully saturated rings. The Morgan fingerprint density at radius 1 is 0.931 bits per heavy atom. The molecule has 0 spiro atoms. The maximum absolute atomic E-state index is 12.7. The Hall–Kier alpha value is 0.250. The molecule has 0 amide bonds. The lowest BCUT2D eigenvalue weighted by Gasteiger charge is -2.36. The summed E-state index contributed by atoms with van der Waals surface area (Å²) in [5, 5.41) is 0.553. The van der Waals surface area contributed by atoms with Gasteiger partial charge in [-0.3, -0.25) is 4.79 Å². The first-order valence-corrected chi connectivity index (χ1v) is 14.6. The van der Waals surface area contributed by atoms with Gasteiger partial charge in [0.1, 0.15) is 6.10 Å². The van der Waals surface area contributed by atoms with Gasteiger partial charge in [0.15, 0.2) is 0 Å². The highest BCUT2D eigenvalue weighted by molar-refractivity contribution is 7.80. The second kappa shape index (κ2) is 12.3. The SMILES string of the molecule is CCC(S)CCC(C)C1CCC(C(=O)OC2CCC(C3CCPCC3)CC2)CC1. The zero-order chi connectivity index (χ0) is 20.6. The van der Waals surface area contributed by atoms with Crippen LogP contribution in [0.2, 0.25) is 0 Å². The number of rotatable bonds is 8. The first-order valence-electron chi connectivity index (χ1n) is 12.7. The molecule has 0 bridgehead atoms. The minimum absolute atomic E-state index is 0.125. The molecule has 2 unspecified atom stereocenters. The molecule has 1 saturated heterocycles. The van der Waals surface area contributed by atoms with E-state index in [1.165, 1.54) is 72.3 Å². The Labute approximate surface area is 187 Å². The van der Waals surface area contributed by atoms with Crippen LogP contribution in [0.4, 0.5) is 0 Å². The van der Waals surface area contributed by atoms with Crippen molar-refractivity contribution in [3.63, 3.8) is 0 Å². The maximum Gasteiger partial charge on any atom is 0.309 e. The van der Waals surface area contributed by atoms with E-state index in [9.17, 15) is 4.79 Å². The molecule has 0 aromatic carbocycles. The van der Waals surface area contributed by atoms with Crippen molar-refractivity contribution < 1.29 is 9.53 Å². The number of hydrogen-bond acceptors (Lipinski definition) is 3. The van der Waals surface area contributed by atoms with Crippen LogP contribution in [0.3, 0.4) is 0 Å². The van der Waals surface area contributed by atoms with Gasteiger partial charge in [-0.05, 0) is 119 Å². The fourth-order valence-corrected chi connectivity index (χ4v) is 7.62. The van der Waals surface area contributed by atoms with Gasteiger partial charge < -0.3 is 4.74 Å². The average molecular weight is 441 g/mol. The molecule has 1 heterocycles. The van der Waals surface area contributed by atoms with Gasteiger partial charge in [0, 0.05) is 5.25 Å². The molecular formula is C25H45O2PS. The molecule has 29 heavy (non-hydrogen) atoms. The molecule has 3 aliphatic rings. The Morgan fingerprint density at radius 2 is 1.55 bits per heavy atom. The van der Waals surface area contributed by atoms with Gasteiger partial charge in [0.25, 0.3) is 0 Å². The third-order valence-corrected chi connectivity index (χ3v) is 10.3. The average Bonchev–Trinajstić information content (AvgIpc) is 2.78. The van der Waals surface area contributed by atoms with Gasteiger partial charge in [-0.15, -0.1) is 8.58 Å². The second-order valence-electron chi connectivity index (χ2n) is 10.3. The van der Waals surface area contributed by atoms with E-state index in [1.807, 2.05) is 0 Å². The van der Waals surface area contributed by atoms with Gasteiger partial charge in [0.05, 0.1) is 5.92 Å². The van der Waals surface area contributed by atoms with Gasteiger partial charge in [-0.25, -0.2) is 0 Å². The summed E-state index contributed by atoms with van der Waals surface area (Å²) in [6.07, 6.45) is 19.1. The summed E-state index contributed by atoms with van der Waals surface area (Å²) in [6.45, 7) is 4.63. The van der Waals surface area contributed by atoms with Crippen molar-refractivity contribution in [1.82, 2.24) is 0 Å². The lowest BCUT2D eigenvalue weighted by molar-refractivity contribution is -0.157. The number of carbonyl (C=O) groups excluding carboxylic acids is 1. The van der Waals surface area contributed by atoms with E-state index >= 15 is 0 Å². The van der Waals surface area contributed by atoms with Crippen molar-refractivity contribution in [2.45, 2.75) is 109 Å². The summed E-state index contributed by atoms with van der Waals surface area (Å²) >= 11 is 4.65. The van der Waals surface area contributed by atoms with Crippen molar-refractivity contribution >= 4 is 27.2 Å². The summed E-state index contributed by atoms with van der Waals surface area (Å²) in [7, 11) is 1.22. The highest BCUT2D eigenvalue weighted by Gasteiger charge is 2.33. The molecule has 0 aromatic heterocycles. The molecule has 0 N–H and O–H groups in total. The monoisotopic (exact) mass is 440 g/mol. The van der Waals surface area contributed by atoms with Gasteiger partial charge in [-0.1, -0.05) is 13.8 Å². The van der Waals surface area contributed by atoms with Crippen molar-refractivity contribution in [3.8, 4) is 0 Å². The lowest BCUT2D eigenvalue weighted by Crippen LogP contribution is -2.32. The molecule has 2 atom stereocenters. The summed E-state index contributed by atoms with van der Waals surface area (Å²) in [5.74, 6) is 3.74. The van der Waals surface area contributed by atoms with E-state index < -0.39 is 0 Å². The Balaban J connectivity index is 1.33. The summed E-state index contributed by atoms with van der Waals surface area (Å²) in [4.78, 5) is 12.7. The Kier molecular flexibility index (Phi) is 10.2. The van der Waals surface area contributed by atoms with Crippen LogP contribution < -0.4 is 0 Å². The topological polar surface area (TPSA) is 26.3 Å². The van der Waals surface area contributed by atoms with Gasteiger partial charge in [-0.2, -0.15) is 12.6 Å². The number of carbonyl (C=O) groups is 1. The van der Waals surface area contributed by atoms with Crippen molar-refractivity contribution in [1.29, 1.82) is 0 Å². The number of esters is 1. The summed E-state index contributed by atoms with van der Waals surface area (Å²) < 4.78 is 6.01. The van der Waals surface area contributed by atoms with E-state index in [-0.39, 0.29) is 18.0 Å². The van der Waals surface area contributed by atoms with Crippen LogP contribution in [0.25, 0.3) is 0 Å². The van der Waals surface area contributed by atoms with E-state index in [2.05, 4.69) is 26.5 Å². The third kappa shape index (κ3) is 7.41. The van der Waals surface area contributed by atoms with Crippen LogP contribution in [0.15, 0.2) is 0 Å². The van der Waals surface area contributed by atoms with Crippen LogP contribution in [-0.4, -0.2) is 29.6 Å². The molecule has 2 nitrogen and oxygen atoms in total. The van der Waals surface area contributed by atoms with Gasteiger partial charge >= 0.3 is 5.97 Å². The highest BCUT2D eigenvalue weighted by Crippen LogP contribution is 2.40. The number of thiol groups is 1. The molecule has 1 aliphatic heterocycles. The van der Waals surface area contributed by atoms with E-state index in [0.29, 0.717) is 5.25 Å². The molecule has 3 rings (SSSR count). The molecular weight excluding hydrogens is 395 g/mol. The number of hydrogen-bond donors (Lipinski definition) is 1. The van der Waals surface area contributed by atoms with E-state index in [4.69, 9.17) is 4.74 Å². The Morgan fingerprint density at radius 3 is 2.17 bits per heavy atom. The smallest absolute Gasteiger partial charge is 0.309 e. The van der Waals surface area contributed by atoms with Crippen LogP contribution in [0.1, 0.15) is 97.3 Å². The predicted octanol–water partition coefficient (Wildman–Crippen LogP) is 7.11. The van der Waals surface area contributed by atoms with Crippen LogP contribution in [-0.2, 0) is 9.53 Å². The maximum atomic E-state index is 12.7. The summed E-state index contributed by atoms with van der Waals surface area (Å²) in [6, 6.07) is 0. The zero-order valence-corrected chi connectivity index (χ0v) is 20.8. The minimum Gasteiger partial charge on any atom is -0.462 e. The lowest BCUT2D eigenvalue weighted by atomic mass is 9.75. The number of ether oxygens (including phenoxy) is 1. The molecule has 0 aromatic rings. The fraction of sp³-hybridized carbons (Fsp3) is 0.960. The molecule has 2 saturated carbocycles. The predicted molar refractivity (Wildman–Crippen MR) is 130 cm³/mol. The second-order valence-corrected chi connectivity index (χ2v) is 12.5. The first-order chi connectivity index (χ1) is 14.1. The van der Waals surface area contributed by atoms with Crippen molar-refractivity contribution in [2.75, 3.05) is 12.3 Å². The Bertz CT molecular complexity index is 477. The standard InChI is InChI=1S/C25H45O2PS/c1-3-24(29)13-4-18(2)19-5-7-22(8-6-19)25(26)27-23-11-9-20(10-12-23)21-14-16-28-17-15-21/h18-24,28-29H,3-17H2,1-2H3. The normalized spacial score (nSPS) is 36.4. The van der Waals surface area contributed by atoms with E-state index in [1.54, 1.807) is 0 Å². The first kappa shape index (κ1) is 23.9. The van der Waals surface area contributed by atoms with Gasteiger partial charge in [0.2, 0.25) is 0 Å². The molecule has 168 valence electrons. The van der Waals surface area contributed by atoms with Crippen LogP contribution in [0, 0.1) is 29.6 Å². The quantitative estimate of drug-likeness (QED) is 0.247. The largest absolute Gasteiger partial charge is 0.462 e. The fourth-order valence-electron chi connectivity index (χ4n) is 6.07. The highest BCUT2D eigenvalue weighted by atomic mass is 32.1. The van der Waals surface area contributed by atoms with Crippen LogP contribution >= 0.6 is 21.2 Å². The molecule has 0 radical (unpaired) electrons. The molecule has 4 heteroatoms. The minimum atomic E-state index is 0.125. The molecule has 2 aliphatic carbocycles. The zero-order valence-electron chi connectivity index (χ0n) is 18.9. The van der Waals surface area contributed by atoms with Crippen LogP contribution in [0.5, 0.6) is 0 Å². The van der Waals surface area contributed by atoms with Crippen molar-refractivity contribution in [3.05, 3.63) is 0 Å².